The first kappa shape index (κ1) is 6.67. The zero-order valence-corrected chi connectivity index (χ0v) is 4.95. The summed E-state index contributed by atoms with van der Waals surface area (Å²) in [5.41, 5.74) is -0.0370. The van der Waals surface area contributed by atoms with Gasteiger partial charge in [-0.1, -0.05) is 12.1 Å². The van der Waals surface area contributed by atoms with Crippen molar-refractivity contribution in [2.24, 2.45) is 5.18 Å². The molecule has 0 aliphatic carbocycles. The highest BCUT2D eigenvalue weighted by Crippen LogP contribution is 2.26. The fourth-order valence-corrected chi connectivity index (χ4v) is 0.598. The van der Waals surface area contributed by atoms with Crippen molar-refractivity contribution in [1.29, 1.82) is 0 Å². The van der Waals surface area contributed by atoms with Crippen molar-refractivity contribution >= 4 is 5.69 Å². The fourth-order valence-electron chi connectivity index (χ4n) is 0.598. The van der Waals surface area contributed by atoms with Gasteiger partial charge in [0.25, 0.3) is 0 Å². The van der Waals surface area contributed by atoms with Gasteiger partial charge in [0.1, 0.15) is 0 Å². The average Bonchev–Trinajstić information content (AvgIpc) is 2.04. The van der Waals surface area contributed by atoms with E-state index in [9.17, 15) is 9.43 Å². The summed E-state index contributed by atoms with van der Waals surface area (Å²) in [5.74, 6) is -0.155. The fraction of sp³-hybridized carbons (Fsp3) is 0. The number of nitrogens with zero attached hydrogens (tertiary/aromatic N) is 1. The van der Waals surface area contributed by atoms with Crippen LogP contribution in [0.15, 0.2) is 29.4 Å². The van der Waals surface area contributed by atoms with E-state index in [0.717, 1.165) is 0 Å². The molecule has 0 aliphatic rings. The SMILES string of the molecule is O=Nc1ccccc1OF. The van der Waals surface area contributed by atoms with E-state index in [1.165, 1.54) is 12.1 Å². The van der Waals surface area contributed by atoms with Gasteiger partial charge in [-0.15, -0.1) is 4.91 Å². The molecule has 0 atom stereocenters. The van der Waals surface area contributed by atoms with Gasteiger partial charge in [-0.3, -0.25) is 4.94 Å². The number of para-hydroxylation sites is 1. The summed E-state index contributed by atoms with van der Waals surface area (Å²) in [5, 5.41) is 2.53. The standard InChI is InChI=1S/C6H4FNO2/c7-10-6-4-2-1-3-5(6)8-9/h1-4H. The second-order valence-corrected chi connectivity index (χ2v) is 1.64. The van der Waals surface area contributed by atoms with Gasteiger partial charge in [-0.25, -0.2) is 0 Å². The van der Waals surface area contributed by atoms with E-state index in [-0.39, 0.29) is 11.4 Å². The molecule has 0 aliphatic heterocycles. The summed E-state index contributed by atoms with van der Waals surface area (Å²) in [6.45, 7) is 0. The van der Waals surface area contributed by atoms with Crippen molar-refractivity contribution in [2.75, 3.05) is 0 Å². The minimum atomic E-state index is -0.155. The molecule has 0 radical (unpaired) electrons. The minimum Gasteiger partial charge on any atom is -0.292 e. The number of hydrogen-bond acceptors (Lipinski definition) is 3. The van der Waals surface area contributed by atoms with Crippen LogP contribution in [0.4, 0.5) is 10.2 Å². The predicted molar refractivity (Wildman–Crippen MR) is 33.6 cm³/mol. The number of benzene rings is 1. The molecule has 0 fully saturated rings. The van der Waals surface area contributed by atoms with E-state index >= 15 is 0 Å². The molecule has 0 spiro atoms. The summed E-state index contributed by atoms with van der Waals surface area (Å²) < 4.78 is 11.5. The Bertz CT molecular complexity index is 239. The first-order valence-corrected chi connectivity index (χ1v) is 2.59. The van der Waals surface area contributed by atoms with Gasteiger partial charge < -0.3 is 0 Å². The van der Waals surface area contributed by atoms with Gasteiger partial charge in [0.05, 0.1) is 0 Å². The lowest BCUT2D eigenvalue weighted by Gasteiger charge is -1.93. The molecule has 0 aromatic heterocycles. The maximum atomic E-state index is 11.5. The molecule has 52 valence electrons. The molecule has 0 saturated carbocycles. The zero-order valence-electron chi connectivity index (χ0n) is 4.95. The smallest absolute Gasteiger partial charge is 0.201 e. The van der Waals surface area contributed by atoms with Gasteiger partial charge in [-0.2, -0.15) is 0 Å². The average molecular weight is 141 g/mol. The maximum Gasteiger partial charge on any atom is 0.201 e. The normalized spacial score (nSPS) is 8.90. The molecule has 0 heterocycles. The Hall–Kier alpha value is -1.45. The van der Waals surface area contributed by atoms with E-state index in [0.29, 0.717) is 0 Å². The Labute approximate surface area is 56.3 Å². The molecule has 0 amide bonds. The minimum absolute atomic E-state index is 0.0370. The molecular weight excluding hydrogens is 137 g/mol. The highest BCUT2D eigenvalue weighted by atomic mass is 19.3. The lowest BCUT2D eigenvalue weighted by Crippen LogP contribution is -1.74. The van der Waals surface area contributed by atoms with Crippen LogP contribution in [0.2, 0.25) is 0 Å². The van der Waals surface area contributed by atoms with Crippen molar-refractivity contribution in [1.82, 2.24) is 0 Å². The van der Waals surface area contributed by atoms with Gasteiger partial charge in [0.15, 0.2) is 5.69 Å². The van der Waals surface area contributed by atoms with E-state index in [1.807, 2.05) is 0 Å². The van der Waals surface area contributed by atoms with E-state index in [2.05, 4.69) is 10.1 Å². The Balaban J connectivity index is 3.08. The monoisotopic (exact) mass is 141 g/mol. The van der Waals surface area contributed by atoms with E-state index < -0.39 is 0 Å². The second-order valence-electron chi connectivity index (χ2n) is 1.64. The first-order chi connectivity index (χ1) is 4.88. The lowest BCUT2D eigenvalue weighted by molar-refractivity contribution is -0.00542. The summed E-state index contributed by atoms with van der Waals surface area (Å²) >= 11 is 0. The topological polar surface area (TPSA) is 38.7 Å². The summed E-state index contributed by atoms with van der Waals surface area (Å²) in [7, 11) is 0. The molecule has 0 saturated heterocycles. The number of rotatable bonds is 2. The van der Waals surface area contributed by atoms with Crippen LogP contribution in [0.5, 0.6) is 5.75 Å². The largest absolute Gasteiger partial charge is 0.292 e. The van der Waals surface area contributed by atoms with Crippen molar-refractivity contribution in [3.8, 4) is 5.75 Å². The highest BCUT2D eigenvalue weighted by molar-refractivity contribution is 5.50. The van der Waals surface area contributed by atoms with Crippen LogP contribution in [0.3, 0.4) is 0 Å². The molecule has 0 bridgehead atoms. The Morgan fingerprint density at radius 2 is 2.10 bits per heavy atom. The molecule has 10 heavy (non-hydrogen) atoms. The number of nitroso groups, excluding NO2 is 1. The van der Waals surface area contributed by atoms with Crippen LogP contribution in [0.1, 0.15) is 0 Å². The zero-order chi connectivity index (χ0) is 7.40. The highest BCUT2D eigenvalue weighted by Gasteiger charge is 2.01. The molecule has 0 unspecified atom stereocenters. The van der Waals surface area contributed by atoms with Crippen molar-refractivity contribution in [2.45, 2.75) is 0 Å². The second kappa shape index (κ2) is 2.91. The third-order valence-electron chi connectivity index (χ3n) is 1.05. The van der Waals surface area contributed by atoms with Crippen LogP contribution in [0.25, 0.3) is 0 Å². The van der Waals surface area contributed by atoms with Crippen LogP contribution < -0.4 is 4.94 Å². The van der Waals surface area contributed by atoms with Crippen molar-refractivity contribution < 1.29 is 9.47 Å². The van der Waals surface area contributed by atoms with Crippen molar-refractivity contribution in [3.63, 3.8) is 0 Å². The first-order valence-electron chi connectivity index (χ1n) is 2.59. The van der Waals surface area contributed by atoms with Gasteiger partial charge >= 0.3 is 0 Å². The Morgan fingerprint density at radius 3 is 2.60 bits per heavy atom. The van der Waals surface area contributed by atoms with Gasteiger partial charge in [0.2, 0.25) is 5.75 Å². The third kappa shape index (κ3) is 1.10. The Kier molecular flexibility index (Phi) is 1.94. The number of halogens is 1. The van der Waals surface area contributed by atoms with Crippen LogP contribution in [0, 0.1) is 4.91 Å². The van der Waals surface area contributed by atoms with Crippen molar-refractivity contribution in [3.05, 3.63) is 29.2 Å². The molecular formula is C6H4FNO2. The summed E-state index contributed by atoms with van der Waals surface area (Å²) in [6, 6.07) is 5.79. The lowest BCUT2D eigenvalue weighted by atomic mass is 10.3. The summed E-state index contributed by atoms with van der Waals surface area (Å²) in [6.07, 6.45) is 0. The van der Waals surface area contributed by atoms with E-state index in [4.69, 9.17) is 0 Å². The molecule has 1 aromatic rings. The number of hydrogen-bond donors (Lipinski definition) is 0. The quantitative estimate of drug-likeness (QED) is 0.593. The van der Waals surface area contributed by atoms with Crippen LogP contribution in [-0.4, -0.2) is 0 Å². The van der Waals surface area contributed by atoms with E-state index in [1.54, 1.807) is 12.1 Å². The van der Waals surface area contributed by atoms with Crippen LogP contribution >= 0.6 is 0 Å². The molecule has 0 N–H and O–H groups in total. The van der Waals surface area contributed by atoms with Gasteiger partial charge in [0, 0.05) is 4.53 Å². The molecule has 4 heteroatoms. The third-order valence-corrected chi connectivity index (χ3v) is 1.05. The Morgan fingerprint density at radius 1 is 1.40 bits per heavy atom. The molecule has 3 nitrogen and oxygen atoms in total. The maximum absolute atomic E-state index is 11.5. The summed E-state index contributed by atoms with van der Waals surface area (Å²) in [4.78, 5) is 13.2. The molecule has 1 aromatic carbocycles. The van der Waals surface area contributed by atoms with Crippen LogP contribution in [-0.2, 0) is 0 Å². The molecule has 1 rings (SSSR count). The van der Waals surface area contributed by atoms with Gasteiger partial charge in [-0.05, 0) is 17.3 Å². The predicted octanol–water partition coefficient (Wildman–Crippen LogP) is 2.35.